The molecule has 5 heteroatoms. The molecule has 2 N–H and O–H groups in total. The Labute approximate surface area is 141 Å². The minimum Gasteiger partial charge on any atom is -0.355 e. The smallest absolute Gasteiger partial charge is 0.191 e. The fraction of sp³-hybridized carbons (Fsp3) is 0.800. The van der Waals surface area contributed by atoms with Crippen LogP contribution in [0.3, 0.4) is 0 Å². The molecular formula is C15H29IN4. The molecule has 1 rings (SSSR count). The summed E-state index contributed by atoms with van der Waals surface area (Å²) in [5, 5.41) is 6.54. The standard InChI is InChI=1S/C15H28N4.HI/c1-5-12-17-14(16-2)18-13-15(19(3)4)10-8-6-7-9-11-15;/h1H,6-13H2,2-4H3,(H2,16,17,18);1H. The molecule has 0 amide bonds. The molecule has 0 unspecified atom stereocenters. The number of nitrogens with one attached hydrogen (secondary N) is 2. The molecule has 1 aliphatic rings. The van der Waals surface area contributed by atoms with E-state index in [-0.39, 0.29) is 29.5 Å². The zero-order chi connectivity index (χ0) is 14.1. The van der Waals surface area contributed by atoms with Crippen LogP contribution in [0.2, 0.25) is 0 Å². The van der Waals surface area contributed by atoms with Gasteiger partial charge >= 0.3 is 0 Å². The van der Waals surface area contributed by atoms with Crippen molar-refractivity contribution in [3.8, 4) is 12.3 Å². The first-order chi connectivity index (χ1) is 9.14. The van der Waals surface area contributed by atoms with Crippen LogP contribution in [0.5, 0.6) is 0 Å². The summed E-state index contributed by atoms with van der Waals surface area (Å²) in [7, 11) is 6.15. The van der Waals surface area contributed by atoms with Crippen molar-refractivity contribution in [2.24, 2.45) is 4.99 Å². The molecule has 0 aromatic carbocycles. The van der Waals surface area contributed by atoms with Gasteiger partial charge in [-0.3, -0.25) is 4.99 Å². The van der Waals surface area contributed by atoms with E-state index in [4.69, 9.17) is 6.42 Å². The second kappa shape index (κ2) is 10.3. The minimum absolute atomic E-state index is 0. The number of likely N-dealkylation sites (N-methyl/N-ethyl adjacent to an activating group) is 1. The van der Waals surface area contributed by atoms with Crippen molar-refractivity contribution in [1.29, 1.82) is 0 Å². The summed E-state index contributed by atoms with van der Waals surface area (Å²) in [6, 6.07) is 0. The van der Waals surface area contributed by atoms with Gasteiger partial charge in [0, 0.05) is 19.1 Å². The number of guanidine groups is 1. The molecule has 0 aromatic heterocycles. The SMILES string of the molecule is C#CCNC(=NC)NCC1(N(C)C)CCCCCC1.I. The normalized spacial score (nSPS) is 18.6. The Morgan fingerprint density at radius 2 is 1.80 bits per heavy atom. The third-order valence-electron chi connectivity index (χ3n) is 4.15. The largest absolute Gasteiger partial charge is 0.355 e. The van der Waals surface area contributed by atoms with Crippen molar-refractivity contribution >= 4 is 29.9 Å². The van der Waals surface area contributed by atoms with E-state index in [1.807, 2.05) is 0 Å². The first-order valence-electron chi connectivity index (χ1n) is 7.20. The average Bonchev–Trinajstić information content (AvgIpc) is 2.65. The maximum atomic E-state index is 5.26. The van der Waals surface area contributed by atoms with Crippen LogP contribution < -0.4 is 10.6 Å². The molecule has 20 heavy (non-hydrogen) atoms. The fourth-order valence-corrected chi connectivity index (χ4v) is 2.77. The summed E-state index contributed by atoms with van der Waals surface area (Å²) in [6.45, 7) is 1.43. The maximum absolute atomic E-state index is 5.26. The number of rotatable bonds is 4. The Bertz CT molecular complexity index is 325. The third kappa shape index (κ3) is 5.88. The third-order valence-corrected chi connectivity index (χ3v) is 4.15. The van der Waals surface area contributed by atoms with Gasteiger partial charge in [-0.1, -0.05) is 31.6 Å². The maximum Gasteiger partial charge on any atom is 0.191 e. The van der Waals surface area contributed by atoms with Gasteiger partial charge in [-0.25, -0.2) is 0 Å². The number of terminal acetylenes is 1. The van der Waals surface area contributed by atoms with Crippen LogP contribution in [0.1, 0.15) is 38.5 Å². The Kier molecular flexibility index (Phi) is 10.0. The summed E-state index contributed by atoms with van der Waals surface area (Å²) in [4.78, 5) is 6.58. The first-order valence-corrected chi connectivity index (χ1v) is 7.20. The molecule has 0 radical (unpaired) electrons. The second-order valence-corrected chi connectivity index (χ2v) is 5.52. The van der Waals surface area contributed by atoms with Crippen LogP contribution in [-0.2, 0) is 0 Å². The van der Waals surface area contributed by atoms with Gasteiger partial charge in [-0.2, -0.15) is 0 Å². The van der Waals surface area contributed by atoms with Gasteiger partial charge in [0.2, 0.25) is 0 Å². The highest BCUT2D eigenvalue weighted by Gasteiger charge is 2.33. The summed E-state index contributed by atoms with van der Waals surface area (Å²) in [5.74, 6) is 3.37. The lowest BCUT2D eigenvalue weighted by Gasteiger charge is -2.40. The first kappa shape index (κ1) is 19.5. The van der Waals surface area contributed by atoms with Gasteiger partial charge < -0.3 is 15.5 Å². The molecule has 1 fully saturated rings. The average molecular weight is 392 g/mol. The molecule has 0 aromatic rings. The molecule has 4 nitrogen and oxygen atoms in total. The number of nitrogens with zero attached hydrogens (tertiary/aromatic N) is 2. The second-order valence-electron chi connectivity index (χ2n) is 5.52. The quantitative estimate of drug-likeness (QED) is 0.253. The Morgan fingerprint density at radius 1 is 1.20 bits per heavy atom. The number of hydrogen-bond donors (Lipinski definition) is 2. The molecule has 1 saturated carbocycles. The van der Waals surface area contributed by atoms with Crippen molar-refractivity contribution in [2.75, 3.05) is 34.2 Å². The van der Waals surface area contributed by atoms with Crippen LogP contribution in [0, 0.1) is 12.3 Å². The highest BCUT2D eigenvalue weighted by atomic mass is 127. The monoisotopic (exact) mass is 392 g/mol. The fourth-order valence-electron chi connectivity index (χ4n) is 2.77. The lowest BCUT2D eigenvalue weighted by molar-refractivity contribution is 0.132. The summed E-state index contributed by atoms with van der Waals surface area (Å²) >= 11 is 0. The topological polar surface area (TPSA) is 39.7 Å². The van der Waals surface area contributed by atoms with E-state index < -0.39 is 0 Å². The van der Waals surface area contributed by atoms with E-state index in [9.17, 15) is 0 Å². The van der Waals surface area contributed by atoms with Crippen molar-refractivity contribution in [3.05, 3.63) is 0 Å². The predicted octanol–water partition coefficient (Wildman–Crippen LogP) is 2.06. The Morgan fingerprint density at radius 3 is 2.25 bits per heavy atom. The van der Waals surface area contributed by atoms with Gasteiger partial charge in [-0.15, -0.1) is 30.4 Å². The summed E-state index contributed by atoms with van der Waals surface area (Å²) < 4.78 is 0. The Balaban J connectivity index is 0.00000361. The molecule has 0 saturated heterocycles. The van der Waals surface area contributed by atoms with E-state index in [1.165, 1.54) is 38.5 Å². The van der Waals surface area contributed by atoms with Crippen molar-refractivity contribution < 1.29 is 0 Å². The van der Waals surface area contributed by atoms with Gasteiger partial charge in [-0.05, 0) is 26.9 Å². The van der Waals surface area contributed by atoms with Crippen LogP contribution in [0.25, 0.3) is 0 Å². The van der Waals surface area contributed by atoms with Gasteiger partial charge in [0.25, 0.3) is 0 Å². The minimum atomic E-state index is 0. The van der Waals surface area contributed by atoms with Gasteiger partial charge in [0.1, 0.15) is 0 Å². The molecule has 0 atom stereocenters. The van der Waals surface area contributed by atoms with Gasteiger partial charge in [0.05, 0.1) is 6.54 Å². The number of hydrogen-bond acceptors (Lipinski definition) is 2. The lowest BCUT2D eigenvalue weighted by atomic mass is 9.89. The van der Waals surface area contributed by atoms with Crippen LogP contribution in [0.15, 0.2) is 4.99 Å². The van der Waals surface area contributed by atoms with Crippen molar-refractivity contribution in [1.82, 2.24) is 15.5 Å². The molecule has 0 bridgehead atoms. The van der Waals surface area contributed by atoms with E-state index >= 15 is 0 Å². The zero-order valence-electron chi connectivity index (χ0n) is 13.0. The zero-order valence-corrected chi connectivity index (χ0v) is 15.4. The molecule has 1 aliphatic carbocycles. The molecule has 0 heterocycles. The number of halogens is 1. The van der Waals surface area contributed by atoms with Crippen LogP contribution in [-0.4, -0.2) is 50.6 Å². The molecule has 116 valence electrons. The van der Waals surface area contributed by atoms with Crippen molar-refractivity contribution in [2.45, 2.75) is 44.1 Å². The van der Waals surface area contributed by atoms with E-state index in [0.29, 0.717) is 6.54 Å². The number of aliphatic imine (C=N–C) groups is 1. The molecule has 0 aliphatic heterocycles. The van der Waals surface area contributed by atoms with Gasteiger partial charge in [0.15, 0.2) is 5.96 Å². The summed E-state index contributed by atoms with van der Waals surface area (Å²) in [6.07, 6.45) is 13.1. The molecule has 0 spiro atoms. The van der Waals surface area contributed by atoms with E-state index in [0.717, 1.165) is 12.5 Å². The summed E-state index contributed by atoms with van der Waals surface area (Å²) in [5.41, 5.74) is 0.240. The van der Waals surface area contributed by atoms with Crippen LogP contribution >= 0.6 is 24.0 Å². The van der Waals surface area contributed by atoms with E-state index in [1.54, 1.807) is 7.05 Å². The lowest BCUT2D eigenvalue weighted by Crippen LogP contribution is -2.54. The highest BCUT2D eigenvalue weighted by molar-refractivity contribution is 14.0. The highest BCUT2D eigenvalue weighted by Crippen LogP contribution is 2.30. The predicted molar refractivity (Wildman–Crippen MR) is 97.7 cm³/mol. The van der Waals surface area contributed by atoms with E-state index in [2.05, 4.69) is 40.5 Å². The Hall–Kier alpha value is -0.480. The van der Waals surface area contributed by atoms with Crippen molar-refractivity contribution in [3.63, 3.8) is 0 Å². The molecular weight excluding hydrogens is 363 g/mol. The van der Waals surface area contributed by atoms with Crippen LogP contribution in [0.4, 0.5) is 0 Å².